The molecule has 0 bridgehead atoms. The summed E-state index contributed by atoms with van der Waals surface area (Å²) in [7, 11) is -3.79. The van der Waals surface area contributed by atoms with Crippen molar-refractivity contribution in [3.05, 3.63) is 67.0 Å². The van der Waals surface area contributed by atoms with Gasteiger partial charge in [0.2, 0.25) is 16.1 Å². The van der Waals surface area contributed by atoms with E-state index in [1.807, 2.05) is 6.07 Å². The van der Waals surface area contributed by atoms with E-state index in [9.17, 15) is 26.4 Å². The van der Waals surface area contributed by atoms with E-state index >= 15 is 0 Å². The molecule has 0 saturated heterocycles. The van der Waals surface area contributed by atoms with Gasteiger partial charge in [0, 0.05) is 18.0 Å². The standard InChI is InChI=1S/C20H17N3O5S.C2HF3O2/c21-29(25,26)14-7-5-13(6-8-14)15-11-22-10-9-16(15)23-20(24)19-12-27-17-3-1-2-4-18(17)28-19;3-2(4,5)1(6)7/h1-11,19H,12H2,(H2,21,25,26)(H,22,23,24);(H,6,7). The van der Waals surface area contributed by atoms with E-state index < -0.39 is 28.3 Å². The molecule has 1 unspecified atom stereocenters. The highest BCUT2D eigenvalue weighted by Crippen LogP contribution is 2.32. The van der Waals surface area contributed by atoms with Crippen LogP contribution in [0, 0.1) is 0 Å². The maximum absolute atomic E-state index is 12.7. The highest BCUT2D eigenvalue weighted by molar-refractivity contribution is 7.89. The zero-order valence-electron chi connectivity index (χ0n) is 18.1. The molecule has 0 saturated carbocycles. The third kappa shape index (κ3) is 6.70. The number of carbonyl (C=O) groups excluding carboxylic acids is 1. The number of aromatic nitrogens is 1. The molecule has 1 aromatic heterocycles. The Balaban J connectivity index is 0.000000454. The van der Waals surface area contributed by atoms with Crippen molar-refractivity contribution in [2.45, 2.75) is 17.2 Å². The maximum Gasteiger partial charge on any atom is 0.490 e. The number of nitrogens with zero attached hydrogens (tertiary/aromatic N) is 1. The Morgan fingerprint density at radius 1 is 1.06 bits per heavy atom. The number of pyridine rings is 1. The highest BCUT2D eigenvalue weighted by Gasteiger charge is 2.38. The SMILES string of the molecule is NS(=O)(=O)c1ccc(-c2cnccc2NC(=O)C2COc3ccccc3O2)cc1.O=C(O)C(F)(F)F. The van der Waals surface area contributed by atoms with E-state index in [-0.39, 0.29) is 17.4 Å². The van der Waals surface area contributed by atoms with Crippen molar-refractivity contribution in [3.63, 3.8) is 0 Å². The van der Waals surface area contributed by atoms with Crippen LogP contribution in [0.4, 0.5) is 18.9 Å². The topological polar surface area (TPSA) is 158 Å². The highest BCUT2D eigenvalue weighted by atomic mass is 32.2. The van der Waals surface area contributed by atoms with E-state index in [1.165, 1.54) is 12.1 Å². The van der Waals surface area contributed by atoms with Crippen molar-refractivity contribution in [1.29, 1.82) is 0 Å². The fraction of sp³-hybridized carbons (Fsp3) is 0.136. The summed E-state index contributed by atoms with van der Waals surface area (Å²) >= 11 is 0. The Kier molecular flexibility index (Phi) is 7.80. The number of anilines is 1. The number of halogens is 3. The smallest absolute Gasteiger partial charge is 0.485 e. The van der Waals surface area contributed by atoms with E-state index in [2.05, 4.69) is 10.3 Å². The number of nitrogens with one attached hydrogen (secondary N) is 1. The molecule has 190 valence electrons. The molecule has 0 radical (unpaired) electrons. The fourth-order valence-corrected chi connectivity index (χ4v) is 3.44. The summed E-state index contributed by atoms with van der Waals surface area (Å²) in [6.45, 7) is 0.0896. The summed E-state index contributed by atoms with van der Waals surface area (Å²) in [5.41, 5.74) is 1.81. The first-order valence-corrected chi connectivity index (χ1v) is 11.5. The second-order valence-electron chi connectivity index (χ2n) is 7.15. The van der Waals surface area contributed by atoms with Gasteiger partial charge >= 0.3 is 12.1 Å². The second kappa shape index (κ2) is 10.6. The number of fused-ring (bicyclic) bond motifs is 1. The van der Waals surface area contributed by atoms with Crippen LogP contribution in [0.1, 0.15) is 0 Å². The van der Waals surface area contributed by atoms with Crippen molar-refractivity contribution in [2.24, 2.45) is 5.14 Å². The first-order valence-electron chi connectivity index (χ1n) is 9.93. The lowest BCUT2D eigenvalue weighted by Crippen LogP contribution is -2.40. The minimum absolute atomic E-state index is 0.00199. The number of aliphatic carboxylic acids is 1. The maximum atomic E-state index is 12.7. The Bertz CT molecular complexity index is 1360. The molecule has 10 nitrogen and oxygen atoms in total. The number of carbonyl (C=O) groups is 2. The number of amides is 1. The molecule has 4 N–H and O–H groups in total. The molecular formula is C22H18F3N3O7S. The first-order chi connectivity index (χ1) is 16.9. The number of rotatable bonds is 4. The number of para-hydroxylation sites is 2. The summed E-state index contributed by atoms with van der Waals surface area (Å²) < 4.78 is 65.9. The van der Waals surface area contributed by atoms with Crippen molar-refractivity contribution in [1.82, 2.24) is 4.98 Å². The van der Waals surface area contributed by atoms with Crippen LogP contribution in [-0.2, 0) is 19.6 Å². The minimum Gasteiger partial charge on any atom is -0.485 e. The van der Waals surface area contributed by atoms with Gasteiger partial charge in [-0.1, -0.05) is 24.3 Å². The van der Waals surface area contributed by atoms with E-state index in [1.54, 1.807) is 48.8 Å². The molecule has 1 aliphatic heterocycles. The molecule has 0 aliphatic carbocycles. The fourth-order valence-electron chi connectivity index (χ4n) is 2.92. The van der Waals surface area contributed by atoms with E-state index in [4.69, 9.17) is 24.5 Å². The Morgan fingerprint density at radius 2 is 1.67 bits per heavy atom. The van der Waals surface area contributed by atoms with Gasteiger partial charge in [-0.25, -0.2) is 18.4 Å². The van der Waals surface area contributed by atoms with Crippen molar-refractivity contribution in [3.8, 4) is 22.6 Å². The Labute approximate surface area is 202 Å². The molecule has 0 fully saturated rings. The average molecular weight is 525 g/mol. The minimum atomic E-state index is -5.08. The number of sulfonamides is 1. The van der Waals surface area contributed by atoms with Gasteiger partial charge in [-0.15, -0.1) is 0 Å². The first kappa shape index (κ1) is 26.4. The third-order valence-electron chi connectivity index (χ3n) is 4.62. The number of hydrogen-bond donors (Lipinski definition) is 3. The molecule has 3 aromatic rings. The molecule has 2 heterocycles. The van der Waals surface area contributed by atoms with Gasteiger partial charge in [0.05, 0.1) is 10.6 Å². The zero-order valence-corrected chi connectivity index (χ0v) is 18.9. The lowest BCUT2D eigenvalue weighted by Gasteiger charge is -2.25. The molecule has 36 heavy (non-hydrogen) atoms. The number of ether oxygens (including phenoxy) is 2. The van der Waals surface area contributed by atoms with Crippen LogP contribution in [0.2, 0.25) is 0 Å². The number of primary sulfonamides is 1. The van der Waals surface area contributed by atoms with Crippen molar-refractivity contribution < 1.29 is 45.8 Å². The lowest BCUT2D eigenvalue weighted by atomic mass is 10.1. The van der Waals surface area contributed by atoms with Crippen LogP contribution >= 0.6 is 0 Å². The van der Waals surface area contributed by atoms with Gasteiger partial charge in [0.1, 0.15) is 6.61 Å². The van der Waals surface area contributed by atoms with Crippen LogP contribution in [0.5, 0.6) is 11.5 Å². The average Bonchev–Trinajstić information content (AvgIpc) is 2.83. The Hall–Kier alpha value is -4.17. The summed E-state index contributed by atoms with van der Waals surface area (Å²) in [5.74, 6) is -2.02. The predicted molar refractivity (Wildman–Crippen MR) is 120 cm³/mol. The van der Waals surface area contributed by atoms with Crippen LogP contribution in [0.25, 0.3) is 11.1 Å². The molecule has 1 amide bonds. The van der Waals surface area contributed by atoms with Crippen molar-refractivity contribution in [2.75, 3.05) is 11.9 Å². The number of benzene rings is 2. The number of nitrogens with two attached hydrogens (primary N) is 1. The molecule has 1 atom stereocenters. The van der Waals surface area contributed by atoms with Gasteiger partial charge < -0.3 is 19.9 Å². The van der Waals surface area contributed by atoms with Crippen LogP contribution in [-0.4, -0.2) is 49.3 Å². The quantitative estimate of drug-likeness (QED) is 0.469. The van der Waals surface area contributed by atoms with Gasteiger partial charge in [-0.3, -0.25) is 9.78 Å². The largest absolute Gasteiger partial charge is 0.490 e. The van der Waals surface area contributed by atoms with Crippen LogP contribution < -0.4 is 19.9 Å². The molecule has 1 aliphatic rings. The van der Waals surface area contributed by atoms with Crippen molar-refractivity contribution >= 4 is 27.6 Å². The van der Waals surface area contributed by atoms with Gasteiger partial charge in [-0.2, -0.15) is 13.2 Å². The number of alkyl halides is 3. The Morgan fingerprint density at radius 3 is 2.25 bits per heavy atom. The van der Waals surface area contributed by atoms with E-state index in [0.717, 1.165) is 0 Å². The predicted octanol–water partition coefficient (Wildman–Crippen LogP) is 2.81. The normalized spacial score (nSPS) is 14.7. The second-order valence-corrected chi connectivity index (χ2v) is 8.71. The molecule has 14 heteroatoms. The van der Waals surface area contributed by atoms with Gasteiger partial charge in [0.15, 0.2) is 11.5 Å². The molecule has 4 rings (SSSR count). The lowest BCUT2D eigenvalue weighted by molar-refractivity contribution is -0.192. The van der Waals surface area contributed by atoms with Gasteiger partial charge in [-0.05, 0) is 35.9 Å². The summed E-state index contributed by atoms with van der Waals surface area (Å²) in [6, 6.07) is 14.8. The number of carboxylic acids is 1. The molecule has 0 spiro atoms. The summed E-state index contributed by atoms with van der Waals surface area (Å²) in [6.07, 6.45) is -2.77. The summed E-state index contributed by atoms with van der Waals surface area (Å²) in [5, 5.41) is 15.1. The summed E-state index contributed by atoms with van der Waals surface area (Å²) in [4.78, 5) is 25.7. The molecular weight excluding hydrogens is 507 g/mol. The van der Waals surface area contributed by atoms with Crippen LogP contribution in [0.3, 0.4) is 0 Å². The third-order valence-corrected chi connectivity index (χ3v) is 5.55. The number of carboxylic acid groups (broad SMARTS) is 1. The van der Waals surface area contributed by atoms with Gasteiger partial charge in [0.25, 0.3) is 5.91 Å². The zero-order chi connectivity index (χ0) is 26.5. The monoisotopic (exact) mass is 525 g/mol. The molecule has 2 aromatic carbocycles. The van der Waals surface area contributed by atoms with E-state index in [0.29, 0.717) is 28.3 Å². The number of hydrogen-bond acceptors (Lipinski definition) is 7. The van der Waals surface area contributed by atoms with Crippen LogP contribution in [0.15, 0.2) is 71.9 Å².